The van der Waals surface area contributed by atoms with E-state index in [1.165, 1.54) is 137 Å². The second-order valence-electron chi connectivity index (χ2n) is 31.9. The zero-order valence-electron chi connectivity index (χ0n) is 68.4. The van der Waals surface area contributed by atoms with Crippen LogP contribution in [0.3, 0.4) is 0 Å². The fourth-order valence-electron chi connectivity index (χ4n) is 19.2. The summed E-state index contributed by atoms with van der Waals surface area (Å²) in [4.78, 5) is 7.04. The molecule has 5 nitrogen and oxygen atoms in total. The second-order valence-corrected chi connectivity index (χ2v) is 31.9. The smallest absolute Gasteiger partial charge is 0.0542 e. The molecule has 21 aromatic carbocycles. The van der Waals surface area contributed by atoms with Gasteiger partial charge < -0.3 is 23.8 Å². The summed E-state index contributed by atoms with van der Waals surface area (Å²) in [5, 5.41) is 14.8. The molecule has 0 unspecified atom stereocenters. The maximum Gasteiger partial charge on any atom is 0.0542 e. The lowest BCUT2D eigenvalue weighted by molar-refractivity contribution is 1.18. The molecule has 124 heavy (non-hydrogen) atoms. The first-order valence-corrected chi connectivity index (χ1v) is 42.6. The van der Waals surface area contributed by atoms with Gasteiger partial charge >= 0.3 is 0 Å². The molecule has 0 saturated heterocycles. The predicted molar refractivity (Wildman–Crippen MR) is 528 cm³/mol. The van der Waals surface area contributed by atoms with Crippen molar-refractivity contribution in [1.29, 1.82) is 0 Å². The Kier molecular flexibility index (Phi) is 19.1. The highest BCUT2D eigenvalue weighted by molar-refractivity contribution is 6.24. The molecule has 2 aromatic heterocycles. The van der Waals surface area contributed by atoms with E-state index in [1.807, 2.05) is 0 Å². The number of rotatable bonds is 16. The van der Waals surface area contributed by atoms with E-state index < -0.39 is 0 Å². The molecule has 0 atom stereocenters. The fourth-order valence-corrected chi connectivity index (χ4v) is 19.2. The van der Waals surface area contributed by atoms with Gasteiger partial charge in [-0.15, -0.1) is 0 Å². The van der Waals surface area contributed by atoms with E-state index in [4.69, 9.17) is 0 Å². The second kappa shape index (κ2) is 32.1. The monoisotopic (exact) mass is 1580 g/mol. The Morgan fingerprint density at radius 3 is 0.726 bits per heavy atom. The maximum absolute atomic E-state index is 2.45. The number of hydrogen-bond donors (Lipinski definition) is 0. The van der Waals surface area contributed by atoms with Crippen molar-refractivity contribution < 1.29 is 0 Å². The van der Waals surface area contributed by atoms with Crippen LogP contribution in [0.1, 0.15) is 5.56 Å². The zero-order chi connectivity index (χ0) is 82.4. The average Bonchev–Trinajstić information content (AvgIpc) is 1.31. The summed E-state index contributed by atoms with van der Waals surface area (Å²) < 4.78 is 4.89. The highest BCUT2D eigenvalue weighted by Crippen LogP contribution is 2.50. The van der Waals surface area contributed by atoms with Crippen molar-refractivity contribution in [3.8, 4) is 67.0 Å². The van der Waals surface area contributed by atoms with Crippen LogP contribution >= 0.6 is 0 Å². The first-order valence-electron chi connectivity index (χ1n) is 42.6. The van der Waals surface area contributed by atoms with Gasteiger partial charge in [-0.05, 0) is 269 Å². The first kappa shape index (κ1) is 74.0. The van der Waals surface area contributed by atoms with Gasteiger partial charge in [0.05, 0.1) is 22.1 Å². The van der Waals surface area contributed by atoms with E-state index in [2.05, 4.69) is 516 Å². The van der Waals surface area contributed by atoms with Crippen molar-refractivity contribution in [3.63, 3.8) is 0 Å². The largest absolute Gasteiger partial charge is 0.310 e. The number of aryl methyl sites for hydroxylation is 1. The maximum atomic E-state index is 2.45. The summed E-state index contributed by atoms with van der Waals surface area (Å²) in [5.74, 6) is 0. The summed E-state index contributed by atoms with van der Waals surface area (Å²) in [5.41, 5.74) is 30.5. The van der Waals surface area contributed by atoms with Gasteiger partial charge in [-0.3, -0.25) is 0 Å². The Hall–Kier alpha value is -16.3. The van der Waals surface area contributed by atoms with E-state index in [9.17, 15) is 0 Å². The third-order valence-corrected chi connectivity index (χ3v) is 24.6. The SMILES string of the molecule is Cc1ccccc1-c1ccc(-c2c3ccccc3c(-c3cccc(-n4c5ccccc5c5cc(N(c6ccccc6)c6ccccc6)ccc54)c3)c3ccccc23)cc1.c1ccc(-c2c3ccccc3c(-c3cccc(-n4c5ccc(N(c6ccccc6)c6ccccc6)cc5c5cc(N(c6ccccc6)c6ccccc6)ccc54)c3)c3ccccc23)cc1. The number of benzene rings is 21. The minimum atomic E-state index is 1.09. The summed E-state index contributed by atoms with van der Waals surface area (Å²) in [7, 11) is 0. The molecule has 0 radical (unpaired) electrons. The van der Waals surface area contributed by atoms with E-state index in [0.29, 0.717) is 0 Å². The molecule has 0 bridgehead atoms. The number of aromatic nitrogens is 2. The topological polar surface area (TPSA) is 19.6 Å². The molecular weight excluding hydrogens is 1500 g/mol. The predicted octanol–water partition coefficient (Wildman–Crippen LogP) is 33.2. The van der Waals surface area contributed by atoms with Crippen LogP contribution < -0.4 is 14.7 Å². The standard InChI is InChI=1S/C62H43N3.C57H40N2/c1-6-21-44(22-7-1)61-53-33-16-18-35-55(53)62(56-36-19-17-34-54(56)61)45-23-20-32-50(41-45)65-59-39-37-51(63(46-24-8-2-9-25-46)47-26-10-3-11-27-47)42-57(59)58-43-52(38-40-60(58)65)64(48-28-12-4-13-29-48)49-30-14-5-15-31-49;1-39-17-8-9-24-47(39)40-31-33-41(34-32-40)56-49-26-10-12-28-51(49)57(52-29-13-11-27-50(52)56)42-18-16-23-45(37-42)59-54-30-15-14-25-48(54)53-38-46(35-36-55(53)59)58(43-19-4-2-5-20-43)44-21-6-3-7-22-44/h1-43H;2-38H,1H3. The Labute approximate surface area is 721 Å². The Bertz CT molecular complexity index is 7530. The molecule has 0 spiro atoms. The van der Waals surface area contributed by atoms with Gasteiger partial charge in [-0.25, -0.2) is 0 Å². The van der Waals surface area contributed by atoms with E-state index in [-0.39, 0.29) is 0 Å². The summed E-state index contributed by atoms with van der Waals surface area (Å²) in [6, 6.07) is 176. The van der Waals surface area contributed by atoms with Crippen LogP contribution in [0.25, 0.3) is 154 Å². The van der Waals surface area contributed by atoms with Crippen molar-refractivity contribution >= 4 is 138 Å². The Balaban J connectivity index is 0.000000148. The third-order valence-electron chi connectivity index (χ3n) is 24.6. The molecule has 2 heterocycles. The van der Waals surface area contributed by atoms with Crippen LogP contribution in [-0.4, -0.2) is 9.13 Å². The zero-order valence-corrected chi connectivity index (χ0v) is 68.4. The van der Waals surface area contributed by atoms with E-state index in [1.54, 1.807) is 0 Å². The van der Waals surface area contributed by atoms with Crippen molar-refractivity contribution in [1.82, 2.24) is 9.13 Å². The molecule has 23 aromatic rings. The van der Waals surface area contributed by atoms with Crippen LogP contribution in [0.5, 0.6) is 0 Å². The Morgan fingerprint density at radius 2 is 0.395 bits per heavy atom. The molecular formula is C119H83N5. The molecule has 0 aliphatic rings. The van der Waals surface area contributed by atoms with Gasteiger partial charge in [0, 0.05) is 84.1 Å². The first-order chi connectivity index (χ1) is 61.5. The number of anilines is 9. The van der Waals surface area contributed by atoms with Crippen LogP contribution in [0.2, 0.25) is 0 Å². The van der Waals surface area contributed by atoms with Gasteiger partial charge in [-0.1, -0.05) is 328 Å². The summed E-state index contributed by atoms with van der Waals surface area (Å²) in [6.07, 6.45) is 0. The molecule has 0 N–H and O–H groups in total. The van der Waals surface area contributed by atoms with Gasteiger partial charge in [0.25, 0.3) is 0 Å². The van der Waals surface area contributed by atoms with Crippen LogP contribution in [-0.2, 0) is 0 Å². The molecule has 5 heteroatoms. The van der Waals surface area contributed by atoms with Gasteiger partial charge in [-0.2, -0.15) is 0 Å². The minimum absolute atomic E-state index is 1.09. The molecule has 584 valence electrons. The fraction of sp³-hybridized carbons (Fsp3) is 0.00840. The minimum Gasteiger partial charge on any atom is -0.310 e. The number of para-hydroxylation sites is 7. The van der Waals surface area contributed by atoms with Crippen LogP contribution in [0.4, 0.5) is 51.2 Å². The van der Waals surface area contributed by atoms with Crippen molar-refractivity contribution in [2.24, 2.45) is 0 Å². The van der Waals surface area contributed by atoms with Crippen molar-refractivity contribution in [2.75, 3.05) is 14.7 Å². The third kappa shape index (κ3) is 13.3. The summed E-state index contributed by atoms with van der Waals surface area (Å²) in [6.45, 7) is 2.18. The van der Waals surface area contributed by atoms with Crippen molar-refractivity contribution in [2.45, 2.75) is 6.92 Å². The normalized spacial score (nSPS) is 11.4. The molecule has 0 aliphatic heterocycles. The molecule has 0 amide bonds. The van der Waals surface area contributed by atoms with Gasteiger partial charge in [0.2, 0.25) is 0 Å². The van der Waals surface area contributed by atoms with Crippen molar-refractivity contribution in [3.05, 3.63) is 491 Å². The Morgan fingerprint density at radius 1 is 0.153 bits per heavy atom. The highest BCUT2D eigenvalue weighted by atomic mass is 15.2. The lowest BCUT2D eigenvalue weighted by atomic mass is 9.85. The highest BCUT2D eigenvalue weighted by Gasteiger charge is 2.25. The number of hydrogen-bond acceptors (Lipinski definition) is 3. The average molecular weight is 1580 g/mol. The van der Waals surface area contributed by atoms with Gasteiger partial charge in [0.1, 0.15) is 0 Å². The van der Waals surface area contributed by atoms with Gasteiger partial charge in [0.15, 0.2) is 0 Å². The molecule has 23 rings (SSSR count). The lowest BCUT2D eigenvalue weighted by Gasteiger charge is -2.26. The van der Waals surface area contributed by atoms with Crippen LogP contribution in [0, 0.1) is 6.92 Å². The molecule has 0 saturated carbocycles. The number of nitrogens with zero attached hydrogens (tertiary/aromatic N) is 5. The molecule has 0 fully saturated rings. The van der Waals surface area contributed by atoms with Crippen LogP contribution in [0.15, 0.2) is 485 Å². The summed E-state index contributed by atoms with van der Waals surface area (Å²) >= 11 is 0. The quantitative estimate of drug-likeness (QED) is 0.0899. The van der Waals surface area contributed by atoms with E-state index in [0.717, 1.165) is 73.6 Å². The number of fused-ring (bicyclic) bond motifs is 10. The lowest BCUT2D eigenvalue weighted by Crippen LogP contribution is -2.09. The van der Waals surface area contributed by atoms with E-state index >= 15 is 0 Å². The molecule has 0 aliphatic carbocycles.